The van der Waals surface area contributed by atoms with Gasteiger partial charge >= 0.3 is 0 Å². The van der Waals surface area contributed by atoms with Crippen LogP contribution in [0.25, 0.3) is 0 Å². The summed E-state index contributed by atoms with van der Waals surface area (Å²) < 4.78 is 0. The standard InChI is InChI=1S/C14H12ClN3O/c15-11-7-10(8-16)3-4-12(11)18-13(19)14(9-17)5-1-2-6-14/h3-4,7H,1-2,5-6H2,(H,18,19). The Kier molecular flexibility index (Phi) is 3.74. The second-order valence-electron chi connectivity index (χ2n) is 4.66. The minimum atomic E-state index is -0.933. The van der Waals surface area contributed by atoms with Gasteiger partial charge in [0.15, 0.2) is 0 Å². The summed E-state index contributed by atoms with van der Waals surface area (Å²) in [4.78, 5) is 12.2. The van der Waals surface area contributed by atoms with Gasteiger partial charge in [0.1, 0.15) is 5.41 Å². The number of hydrogen-bond acceptors (Lipinski definition) is 3. The van der Waals surface area contributed by atoms with Crippen LogP contribution in [0, 0.1) is 28.1 Å². The average molecular weight is 274 g/mol. The Balaban J connectivity index is 2.20. The molecule has 1 aliphatic rings. The highest BCUT2D eigenvalue weighted by Gasteiger charge is 2.41. The topological polar surface area (TPSA) is 76.7 Å². The fraction of sp³-hybridized carbons (Fsp3) is 0.357. The number of nitrogens with one attached hydrogen (secondary N) is 1. The van der Waals surface area contributed by atoms with Crippen molar-refractivity contribution in [3.05, 3.63) is 28.8 Å². The number of halogens is 1. The van der Waals surface area contributed by atoms with Crippen LogP contribution < -0.4 is 5.32 Å². The number of carbonyl (C=O) groups excluding carboxylic acids is 1. The van der Waals surface area contributed by atoms with E-state index < -0.39 is 5.41 Å². The molecule has 0 aromatic heterocycles. The number of carbonyl (C=O) groups is 1. The molecule has 0 saturated heterocycles. The molecule has 5 heteroatoms. The minimum Gasteiger partial charge on any atom is -0.323 e. The number of anilines is 1. The molecule has 1 aromatic rings. The number of rotatable bonds is 2. The van der Waals surface area contributed by atoms with Gasteiger partial charge in [-0.1, -0.05) is 24.4 Å². The SMILES string of the molecule is N#Cc1ccc(NC(=O)C2(C#N)CCCC2)c(Cl)c1. The Hall–Kier alpha value is -2.04. The lowest BCUT2D eigenvalue weighted by Gasteiger charge is -2.19. The van der Waals surface area contributed by atoms with Gasteiger partial charge in [-0.2, -0.15) is 10.5 Å². The summed E-state index contributed by atoms with van der Waals surface area (Å²) in [5, 5.41) is 21.0. The van der Waals surface area contributed by atoms with E-state index in [2.05, 4.69) is 11.4 Å². The molecule has 1 fully saturated rings. The molecular weight excluding hydrogens is 262 g/mol. The molecule has 1 aliphatic carbocycles. The quantitative estimate of drug-likeness (QED) is 0.898. The summed E-state index contributed by atoms with van der Waals surface area (Å²) >= 11 is 6.00. The van der Waals surface area contributed by atoms with E-state index in [1.165, 1.54) is 6.07 Å². The first-order valence-electron chi connectivity index (χ1n) is 6.04. The third kappa shape index (κ3) is 2.54. The molecule has 4 nitrogen and oxygen atoms in total. The van der Waals surface area contributed by atoms with Crippen molar-refractivity contribution in [1.29, 1.82) is 10.5 Å². The van der Waals surface area contributed by atoms with Crippen molar-refractivity contribution in [2.75, 3.05) is 5.32 Å². The van der Waals surface area contributed by atoms with E-state index in [0.29, 0.717) is 29.1 Å². The molecule has 0 aliphatic heterocycles. The van der Waals surface area contributed by atoms with Gasteiger partial charge in [-0.25, -0.2) is 0 Å². The van der Waals surface area contributed by atoms with Gasteiger partial charge in [0.25, 0.3) is 0 Å². The molecule has 1 N–H and O–H groups in total. The highest BCUT2D eigenvalue weighted by molar-refractivity contribution is 6.33. The van der Waals surface area contributed by atoms with Crippen molar-refractivity contribution in [2.45, 2.75) is 25.7 Å². The first-order chi connectivity index (χ1) is 9.11. The summed E-state index contributed by atoms with van der Waals surface area (Å²) in [5.41, 5.74) is -0.0666. The molecule has 0 unspecified atom stereocenters. The third-order valence-electron chi connectivity index (χ3n) is 3.45. The van der Waals surface area contributed by atoms with Gasteiger partial charge in [-0.05, 0) is 31.0 Å². The van der Waals surface area contributed by atoms with Gasteiger partial charge < -0.3 is 5.32 Å². The molecule has 1 saturated carbocycles. The fourth-order valence-corrected chi connectivity index (χ4v) is 2.52. The Bertz CT molecular complexity index is 592. The van der Waals surface area contributed by atoms with Gasteiger partial charge in [0.05, 0.1) is 28.4 Å². The third-order valence-corrected chi connectivity index (χ3v) is 3.76. The van der Waals surface area contributed by atoms with Crippen molar-refractivity contribution in [3.63, 3.8) is 0 Å². The van der Waals surface area contributed by atoms with E-state index in [1.54, 1.807) is 12.1 Å². The van der Waals surface area contributed by atoms with E-state index in [-0.39, 0.29) is 5.91 Å². The van der Waals surface area contributed by atoms with Crippen LogP contribution in [0.1, 0.15) is 31.2 Å². The molecule has 0 bridgehead atoms. The lowest BCUT2D eigenvalue weighted by molar-refractivity contribution is -0.122. The molecule has 0 radical (unpaired) electrons. The van der Waals surface area contributed by atoms with E-state index in [1.807, 2.05) is 6.07 Å². The smallest absolute Gasteiger partial charge is 0.244 e. The Morgan fingerprint density at radius 2 is 2.00 bits per heavy atom. The Morgan fingerprint density at radius 1 is 1.32 bits per heavy atom. The first kappa shape index (κ1) is 13.4. The van der Waals surface area contributed by atoms with Crippen LogP contribution >= 0.6 is 11.6 Å². The predicted molar refractivity (Wildman–Crippen MR) is 71.3 cm³/mol. The van der Waals surface area contributed by atoms with E-state index in [0.717, 1.165) is 12.8 Å². The average Bonchev–Trinajstić information content (AvgIpc) is 2.91. The zero-order valence-electron chi connectivity index (χ0n) is 10.2. The summed E-state index contributed by atoms with van der Waals surface area (Å²) in [5.74, 6) is -0.306. The summed E-state index contributed by atoms with van der Waals surface area (Å²) in [7, 11) is 0. The molecule has 2 rings (SSSR count). The maximum Gasteiger partial charge on any atom is 0.244 e. The normalized spacial score (nSPS) is 16.4. The Morgan fingerprint density at radius 3 is 2.53 bits per heavy atom. The van der Waals surface area contributed by atoms with Gasteiger partial charge in [0.2, 0.25) is 5.91 Å². The summed E-state index contributed by atoms with van der Waals surface area (Å²) in [6.07, 6.45) is 2.95. The van der Waals surface area contributed by atoms with Crippen molar-refractivity contribution in [3.8, 4) is 12.1 Å². The number of nitriles is 2. The van der Waals surface area contributed by atoms with E-state index in [9.17, 15) is 10.1 Å². The monoisotopic (exact) mass is 273 g/mol. The molecule has 0 atom stereocenters. The van der Waals surface area contributed by atoms with Crippen molar-refractivity contribution >= 4 is 23.2 Å². The summed E-state index contributed by atoms with van der Waals surface area (Å²) in [6.45, 7) is 0. The van der Waals surface area contributed by atoms with E-state index >= 15 is 0 Å². The maximum atomic E-state index is 12.2. The number of benzene rings is 1. The van der Waals surface area contributed by atoms with Crippen LogP contribution in [-0.2, 0) is 4.79 Å². The molecule has 0 heterocycles. The van der Waals surface area contributed by atoms with Crippen LogP contribution in [0.2, 0.25) is 5.02 Å². The highest BCUT2D eigenvalue weighted by atomic mass is 35.5. The van der Waals surface area contributed by atoms with Gasteiger partial charge in [-0.15, -0.1) is 0 Å². The lowest BCUT2D eigenvalue weighted by atomic mass is 9.87. The second kappa shape index (κ2) is 5.30. The summed E-state index contributed by atoms with van der Waals surface area (Å²) in [6, 6.07) is 8.76. The van der Waals surface area contributed by atoms with Gasteiger partial charge in [-0.3, -0.25) is 4.79 Å². The minimum absolute atomic E-state index is 0.304. The molecule has 1 aromatic carbocycles. The van der Waals surface area contributed by atoms with Crippen LogP contribution in [0.15, 0.2) is 18.2 Å². The highest BCUT2D eigenvalue weighted by Crippen LogP contribution is 2.39. The van der Waals surface area contributed by atoms with Crippen LogP contribution in [0.4, 0.5) is 5.69 Å². The van der Waals surface area contributed by atoms with E-state index in [4.69, 9.17) is 16.9 Å². The number of nitrogens with zero attached hydrogens (tertiary/aromatic N) is 2. The number of amides is 1. The molecule has 0 spiro atoms. The zero-order chi connectivity index (χ0) is 13.9. The fourth-order valence-electron chi connectivity index (χ4n) is 2.30. The largest absolute Gasteiger partial charge is 0.323 e. The van der Waals surface area contributed by atoms with Crippen LogP contribution in [0.3, 0.4) is 0 Å². The van der Waals surface area contributed by atoms with Crippen LogP contribution in [-0.4, -0.2) is 5.91 Å². The van der Waals surface area contributed by atoms with Crippen LogP contribution in [0.5, 0.6) is 0 Å². The maximum absolute atomic E-state index is 12.2. The predicted octanol–water partition coefficient (Wildman–Crippen LogP) is 3.23. The first-order valence-corrected chi connectivity index (χ1v) is 6.41. The van der Waals surface area contributed by atoms with Crippen molar-refractivity contribution in [1.82, 2.24) is 0 Å². The molecule has 96 valence electrons. The lowest BCUT2D eigenvalue weighted by Crippen LogP contribution is -2.32. The second-order valence-corrected chi connectivity index (χ2v) is 5.07. The van der Waals surface area contributed by atoms with Gasteiger partial charge in [0, 0.05) is 0 Å². The van der Waals surface area contributed by atoms with Crippen molar-refractivity contribution in [2.24, 2.45) is 5.41 Å². The molecule has 1 amide bonds. The van der Waals surface area contributed by atoms with Crippen molar-refractivity contribution < 1.29 is 4.79 Å². The Labute approximate surface area is 116 Å². The number of hydrogen-bond donors (Lipinski definition) is 1. The molecule has 19 heavy (non-hydrogen) atoms. The molecular formula is C14H12ClN3O. The zero-order valence-corrected chi connectivity index (χ0v) is 11.0.